The molecule has 0 radical (unpaired) electrons. The quantitative estimate of drug-likeness (QED) is 0.630. The molecule has 2 nitrogen and oxygen atoms in total. The largest absolute Gasteiger partial charge is 0.471 e. The Kier molecular flexibility index (Phi) is 3.34. The Morgan fingerprint density at radius 1 is 1.43 bits per heavy atom. The van der Waals surface area contributed by atoms with E-state index >= 15 is 0 Å². The molecule has 82 valence electrons. The molecule has 1 rings (SSSR count). The SMILES string of the molecule is CC1SCCN(C(=O)C(F)(F)F)C1C. The van der Waals surface area contributed by atoms with Crippen LogP contribution in [0.4, 0.5) is 13.2 Å². The second kappa shape index (κ2) is 4.00. The Balaban J connectivity index is 2.72. The van der Waals surface area contributed by atoms with Crippen molar-refractivity contribution in [3.05, 3.63) is 0 Å². The van der Waals surface area contributed by atoms with Gasteiger partial charge < -0.3 is 4.90 Å². The molecule has 2 atom stereocenters. The van der Waals surface area contributed by atoms with Gasteiger partial charge in [0.25, 0.3) is 0 Å². The van der Waals surface area contributed by atoms with Crippen LogP contribution in [0, 0.1) is 0 Å². The molecule has 1 aliphatic rings. The van der Waals surface area contributed by atoms with Crippen molar-refractivity contribution in [2.75, 3.05) is 12.3 Å². The topological polar surface area (TPSA) is 20.3 Å². The molecule has 1 saturated heterocycles. The lowest BCUT2D eigenvalue weighted by molar-refractivity contribution is -0.187. The summed E-state index contributed by atoms with van der Waals surface area (Å²) in [5.74, 6) is -1.13. The highest BCUT2D eigenvalue weighted by molar-refractivity contribution is 8.00. The van der Waals surface area contributed by atoms with Gasteiger partial charge in [-0.05, 0) is 6.92 Å². The van der Waals surface area contributed by atoms with Gasteiger partial charge in [-0.2, -0.15) is 24.9 Å². The van der Waals surface area contributed by atoms with Crippen LogP contribution in [0.1, 0.15) is 13.8 Å². The lowest BCUT2D eigenvalue weighted by Gasteiger charge is -2.37. The van der Waals surface area contributed by atoms with Crippen LogP contribution in [0.2, 0.25) is 0 Å². The molecular weight excluding hydrogens is 215 g/mol. The Hall–Kier alpha value is -0.390. The molecule has 1 aliphatic heterocycles. The summed E-state index contributed by atoms with van der Waals surface area (Å²) in [6.45, 7) is 3.68. The highest BCUT2D eigenvalue weighted by atomic mass is 32.2. The van der Waals surface area contributed by atoms with Crippen LogP contribution in [-0.2, 0) is 4.79 Å². The summed E-state index contributed by atoms with van der Waals surface area (Å²) in [7, 11) is 0. The maximum atomic E-state index is 12.1. The van der Waals surface area contributed by atoms with Crippen molar-refractivity contribution in [2.45, 2.75) is 31.3 Å². The molecule has 14 heavy (non-hydrogen) atoms. The molecule has 1 fully saturated rings. The van der Waals surface area contributed by atoms with Crippen molar-refractivity contribution in [2.24, 2.45) is 0 Å². The summed E-state index contributed by atoms with van der Waals surface area (Å²) in [4.78, 5) is 11.9. The summed E-state index contributed by atoms with van der Waals surface area (Å²) in [6, 6.07) is -0.345. The third kappa shape index (κ3) is 2.34. The molecule has 0 saturated carbocycles. The fourth-order valence-electron chi connectivity index (χ4n) is 1.38. The minimum absolute atomic E-state index is 0.0649. The van der Waals surface area contributed by atoms with E-state index in [-0.39, 0.29) is 17.8 Å². The van der Waals surface area contributed by atoms with Crippen molar-refractivity contribution < 1.29 is 18.0 Å². The zero-order chi connectivity index (χ0) is 10.9. The maximum Gasteiger partial charge on any atom is 0.471 e. The van der Waals surface area contributed by atoms with E-state index < -0.39 is 12.1 Å². The zero-order valence-corrected chi connectivity index (χ0v) is 8.78. The van der Waals surface area contributed by atoms with E-state index in [1.807, 2.05) is 6.92 Å². The number of thioether (sulfide) groups is 1. The number of hydrogen-bond acceptors (Lipinski definition) is 2. The summed E-state index contributed by atoms with van der Waals surface area (Å²) >= 11 is 1.60. The van der Waals surface area contributed by atoms with Crippen LogP contribution in [0.3, 0.4) is 0 Å². The normalized spacial score (nSPS) is 29.1. The highest BCUT2D eigenvalue weighted by Crippen LogP contribution is 2.28. The second-order valence-corrected chi connectivity index (χ2v) is 4.80. The van der Waals surface area contributed by atoms with Gasteiger partial charge in [-0.15, -0.1) is 0 Å². The predicted molar refractivity (Wildman–Crippen MR) is 49.2 cm³/mol. The van der Waals surface area contributed by atoms with Crippen LogP contribution in [0.15, 0.2) is 0 Å². The minimum atomic E-state index is -4.74. The summed E-state index contributed by atoms with van der Waals surface area (Å²) in [6.07, 6.45) is -4.74. The molecule has 0 aromatic heterocycles. The number of nitrogens with zero attached hydrogens (tertiary/aromatic N) is 1. The lowest BCUT2D eigenvalue weighted by Crippen LogP contribution is -2.52. The zero-order valence-electron chi connectivity index (χ0n) is 7.97. The molecule has 0 bridgehead atoms. The Bertz CT molecular complexity index is 231. The molecule has 0 N–H and O–H groups in total. The number of amides is 1. The van der Waals surface area contributed by atoms with Gasteiger partial charge >= 0.3 is 12.1 Å². The first-order chi connectivity index (χ1) is 6.34. The van der Waals surface area contributed by atoms with Crippen molar-refractivity contribution >= 4 is 17.7 Å². The first-order valence-corrected chi connectivity index (χ1v) is 5.38. The van der Waals surface area contributed by atoms with E-state index in [0.717, 1.165) is 4.90 Å². The van der Waals surface area contributed by atoms with E-state index in [4.69, 9.17) is 0 Å². The molecule has 6 heteroatoms. The second-order valence-electron chi connectivity index (χ2n) is 3.31. The van der Waals surface area contributed by atoms with Gasteiger partial charge in [0.05, 0.1) is 0 Å². The van der Waals surface area contributed by atoms with Crippen LogP contribution in [-0.4, -0.2) is 40.6 Å². The third-order valence-corrected chi connectivity index (χ3v) is 3.73. The van der Waals surface area contributed by atoms with E-state index in [9.17, 15) is 18.0 Å². The highest BCUT2D eigenvalue weighted by Gasteiger charge is 2.45. The number of halogens is 3. The van der Waals surface area contributed by atoms with Crippen LogP contribution in [0.5, 0.6) is 0 Å². The van der Waals surface area contributed by atoms with E-state index in [0.29, 0.717) is 5.75 Å². The van der Waals surface area contributed by atoms with Crippen LogP contribution >= 0.6 is 11.8 Å². The van der Waals surface area contributed by atoms with Gasteiger partial charge in [-0.3, -0.25) is 4.79 Å². The monoisotopic (exact) mass is 227 g/mol. The summed E-state index contributed by atoms with van der Waals surface area (Å²) < 4.78 is 36.4. The van der Waals surface area contributed by atoms with Gasteiger partial charge in [-0.1, -0.05) is 6.92 Å². The molecule has 0 aliphatic carbocycles. The summed E-state index contributed by atoms with van der Waals surface area (Å²) in [5.41, 5.74) is 0. The number of carbonyl (C=O) groups excluding carboxylic acids is 1. The number of alkyl halides is 3. The molecule has 2 unspecified atom stereocenters. The Labute approximate surface area is 84.8 Å². The van der Waals surface area contributed by atoms with E-state index in [1.165, 1.54) is 0 Å². The molecule has 0 aromatic rings. The average molecular weight is 227 g/mol. The number of carbonyl (C=O) groups is 1. The van der Waals surface area contributed by atoms with Crippen LogP contribution < -0.4 is 0 Å². The fourth-order valence-corrected chi connectivity index (χ4v) is 2.48. The first kappa shape index (κ1) is 11.7. The van der Waals surface area contributed by atoms with Crippen molar-refractivity contribution in [3.8, 4) is 0 Å². The molecular formula is C8H12F3NOS. The first-order valence-electron chi connectivity index (χ1n) is 4.33. The average Bonchev–Trinajstić information content (AvgIpc) is 2.07. The molecule has 0 spiro atoms. The molecule has 0 aromatic carbocycles. The fraction of sp³-hybridized carbons (Fsp3) is 0.875. The predicted octanol–water partition coefficient (Wildman–Crippen LogP) is 1.90. The lowest BCUT2D eigenvalue weighted by atomic mass is 10.2. The van der Waals surface area contributed by atoms with Gasteiger partial charge in [0.2, 0.25) is 0 Å². The third-order valence-electron chi connectivity index (χ3n) is 2.39. The van der Waals surface area contributed by atoms with Gasteiger partial charge in [0.15, 0.2) is 0 Å². The van der Waals surface area contributed by atoms with Gasteiger partial charge in [0.1, 0.15) is 0 Å². The summed E-state index contributed by atoms with van der Waals surface area (Å²) in [5, 5.41) is 0.0649. The van der Waals surface area contributed by atoms with Gasteiger partial charge in [-0.25, -0.2) is 0 Å². The van der Waals surface area contributed by atoms with Crippen molar-refractivity contribution in [1.29, 1.82) is 0 Å². The van der Waals surface area contributed by atoms with E-state index in [2.05, 4.69) is 0 Å². The molecule has 1 heterocycles. The molecule has 1 amide bonds. The van der Waals surface area contributed by atoms with Crippen molar-refractivity contribution in [3.63, 3.8) is 0 Å². The minimum Gasteiger partial charge on any atom is -0.330 e. The Morgan fingerprint density at radius 2 is 2.00 bits per heavy atom. The van der Waals surface area contributed by atoms with Crippen molar-refractivity contribution in [1.82, 2.24) is 4.90 Å². The smallest absolute Gasteiger partial charge is 0.330 e. The van der Waals surface area contributed by atoms with Gasteiger partial charge in [0, 0.05) is 23.6 Å². The van der Waals surface area contributed by atoms with E-state index in [1.54, 1.807) is 18.7 Å². The Morgan fingerprint density at radius 3 is 2.50 bits per heavy atom. The number of rotatable bonds is 0. The number of hydrogen-bond donors (Lipinski definition) is 0. The van der Waals surface area contributed by atoms with Crippen LogP contribution in [0.25, 0.3) is 0 Å². The maximum absolute atomic E-state index is 12.1. The standard InChI is InChI=1S/C8H12F3NOS/c1-5-6(2)14-4-3-12(5)7(13)8(9,10)11/h5-6H,3-4H2,1-2H3.